The number of carbonyl (C=O) groups is 2. The summed E-state index contributed by atoms with van der Waals surface area (Å²) in [4.78, 5) is 44.1. The molecular weight excluding hydrogens is 440 g/mol. The smallest absolute Gasteiger partial charge is 0.348 e. The number of aromatic nitrogens is 2. The molecule has 1 heterocycles. The van der Waals surface area contributed by atoms with Crippen molar-refractivity contribution in [2.45, 2.75) is 51.6 Å². The standard InChI is InChI=1S/C24H32N4O4S/c1-4-27(5-2)14-15-28-20-13-9-11-18(20)22(26-24(28)31)33-16-21(29)25-19-12-8-7-10-17(19)23(30)32-6-3/h7-8,10,12H,4-6,9,11,13-16H2,1-3H3,(H,25,29). The first-order chi connectivity index (χ1) is 16.0. The molecule has 0 fully saturated rings. The summed E-state index contributed by atoms with van der Waals surface area (Å²) in [6, 6.07) is 6.76. The van der Waals surface area contributed by atoms with E-state index in [1.165, 1.54) is 11.8 Å². The van der Waals surface area contributed by atoms with Gasteiger partial charge in [0.15, 0.2) is 0 Å². The van der Waals surface area contributed by atoms with Gasteiger partial charge in [-0.1, -0.05) is 37.7 Å². The highest BCUT2D eigenvalue weighted by Gasteiger charge is 2.23. The summed E-state index contributed by atoms with van der Waals surface area (Å²) >= 11 is 1.27. The highest BCUT2D eigenvalue weighted by Crippen LogP contribution is 2.29. The Hall–Kier alpha value is -2.65. The zero-order chi connectivity index (χ0) is 23.8. The Labute approximate surface area is 198 Å². The van der Waals surface area contributed by atoms with Crippen molar-refractivity contribution in [1.29, 1.82) is 0 Å². The molecule has 3 rings (SSSR count). The number of esters is 1. The molecule has 0 aliphatic heterocycles. The van der Waals surface area contributed by atoms with Crippen molar-refractivity contribution in [3.8, 4) is 0 Å². The molecule has 1 N–H and O–H groups in total. The summed E-state index contributed by atoms with van der Waals surface area (Å²) in [6.07, 6.45) is 2.71. The van der Waals surface area contributed by atoms with Crippen LogP contribution in [0.25, 0.3) is 0 Å². The third kappa shape index (κ3) is 6.23. The van der Waals surface area contributed by atoms with Crippen LogP contribution in [0.4, 0.5) is 5.69 Å². The van der Waals surface area contributed by atoms with Gasteiger partial charge in [-0.25, -0.2) is 9.59 Å². The maximum Gasteiger partial charge on any atom is 0.348 e. The van der Waals surface area contributed by atoms with Crippen LogP contribution in [-0.4, -0.2) is 58.3 Å². The van der Waals surface area contributed by atoms with Gasteiger partial charge in [0.25, 0.3) is 0 Å². The quantitative estimate of drug-likeness (QED) is 0.305. The first-order valence-corrected chi connectivity index (χ1v) is 12.5. The van der Waals surface area contributed by atoms with E-state index in [0.717, 1.165) is 50.2 Å². The van der Waals surface area contributed by atoms with Crippen molar-refractivity contribution < 1.29 is 14.3 Å². The van der Waals surface area contributed by atoms with E-state index < -0.39 is 5.97 Å². The van der Waals surface area contributed by atoms with Crippen molar-refractivity contribution in [2.75, 3.05) is 37.3 Å². The maximum absolute atomic E-state index is 12.8. The molecule has 0 atom stereocenters. The minimum Gasteiger partial charge on any atom is -0.462 e. The number of hydrogen-bond donors (Lipinski definition) is 1. The monoisotopic (exact) mass is 472 g/mol. The van der Waals surface area contributed by atoms with Crippen LogP contribution < -0.4 is 11.0 Å². The van der Waals surface area contributed by atoms with Crippen molar-refractivity contribution >= 4 is 29.3 Å². The Kier molecular flexibility index (Phi) is 9.08. The lowest BCUT2D eigenvalue weighted by atomic mass is 10.2. The fraction of sp³-hybridized carbons (Fsp3) is 0.500. The molecule has 1 aromatic carbocycles. The van der Waals surface area contributed by atoms with E-state index in [-0.39, 0.29) is 24.0 Å². The van der Waals surface area contributed by atoms with Crippen LogP contribution in [0, 0.1) is 0 Å². The number of anilines is 1. The molecule has 9 heteroatoms. The Morgan fingerprint density at radius 3 is 2.67 bits per heavy atom. The fourth-order valence-corrected chi connectivity index (χ4v) is 4.89. The molecular formula is C24H32N4O4S. The van der Waals surface area contributed by atoms with Gasteiger partial charge < -0.3 is 15.0 Å². The number of nitrogens with one attached hydrogen (secondary N) is 1. The molecule has 0 spiro atoms. The number of carbonyl (C=O) groups excluding carboxylic acids is 2. The number of nitrogens with zero attached hydrogens (tertiary/aromatic N) is 3. The highest BCUT2D eigenvalue weighted by atomic mass is 32.2. The van der Waals surface area contributed by atoms with E-state index in [4.69, 9.17) is 4.74 Å². The molecule has 1 amide bonds. The van der Waals surface area contributed by atoms with Gasteiger partial charge in [-0.2, -0.15) is 4.98 Å². The van der Waals surface area contributed by atoms with Gasteiger partial charge in [0.05, 0.1) is 23.6 Å². The SMILES string of the molecule is CCOC(=O)c1ccccc1NC(=O)CSc1nc(=O)n(CCN(CC)CC)c2c1CCC2. The lowest BCUT2D eigenvalue weighted by molar-refractivity contribution is -0.113. The third-order valence-electron chi connectivity index (χ3n) is 5.77. The normalized spacial score (nSPS) is 12.6. The first kappa shape index (κ1) is 25.0. The minimum atomic E-state index is -0.478. The molecule has 0 bridgehead atoms. The van der Waals surface area contributed by atoms with Crippen LogP contribution in [-0.2, 0) is 28.9 Å². The lowest BCUT2D eigenvalue weighted by Crippen LogP contribution is -2.34. The number of thioether (sulfide) groups is 1. The van der Waals surface area contributed by atoms with E-state index in [9.17, 15) is 14.4 Å². The Morgan fingerprint density at radius 1 is 1.18 bits per heavy atom. The van der Waals surface area contributed by atoms with Crippen LogP contribution >= 0.6 is 11.8 Å². The van der Waals surface area contributed by atoms with Gasteiger partial charge >= 0.3 is 11.7 Å². The second-order valence-electron chi connectivity index (χ2n) is 7.76. The van der Waals surface area contributed by atoms with Gasteiger partial charge in [-0.15, -0.1) is 0 Å². The van der Waals surface area contributed by atoms with Crippen molar-refractivity contribution in [1.82, 2.24) is 14.5 Å². The number of amides is 1. The van der Waals surface area contributed by atoms with Gasteiger partial charge in [0.2, 0.25) is 5.91 Å². The summed E-state index contributed by atoms with van der Waals surface area (Å²) in [5.74, 6) is -0.649. The predicted molar refractivity (Wildman–Crippen MR) is 130 cm³/mol. The second kappa shape index (κ2) is 12.0. The van der Waals surface area contributed by atoms with Crippen LogP contribution in [0.1, 0.15) is 48.8 Å². The summed E-state index contributed by atoms with van der Waals surface area (Å²) in [6.45, 7) is 9.57. The average Bonchev–Trinajstić information content (AvgIpc) is 3.30. The van der Waals surface area contributed by atoms with Gasteiger partial charge in [-0.3, -0.25) is 9.36 Å². The van der Waals surface area contributed by atoms with E-state index in [1.807, 2.05) is 0 Å². The summed E-state index contributed by atoms with van der Waals surface area (Å²) < 4.78 is 6.86. The molecule has 0 unspecified atom stereocenters. The summed E-state index contributed by atoms with van der Waals surface area (Å²) in [5.41, 5.74) is 2.61. The van der Waals surface area contributed by atoms with Crippen LogP contribution in [0.5, 0.6) is 0 Å². The molecule has 178 valence electrons. The van der Waals surface area contributed by atoms with Crippen LogP contribution in [0.15, 0.2) is 34.1 Å². The molecule has 0 saturated carbocycles. The zero-order valence-electron chi connectivity index (χ0n) is 19.6. The van der Waals surface area contributed by atoms with E-state index >= 15 is 0 Å². The molecule has 0 saturated heterocycles. The number of hydrogen-bond acceptors (Lipinski definition) is 7. The Morgan fingerprint density at radius 2 is 1.94 bits per heavy atom. The number of benzene rings is 1. The number of ether oxygens (including phenoxy) is 1. The third-order valence-corrected chi connectivity index (χ3v) is 6.79. The number of rotatable bonds is 11. The average molecular weight is 473 g/mol. The van der Waals surface area contributed by atoms with E-state index in [2.05, 4.69) is 29.0 Å². The second-order valence-corrected chi connectivity index (χ2v) is 8.72. The summed E-state index contributed by atoms with van der Waals surface area (Å²) in [5, 5.41) is 3.42. The van der Waals surface area contributed by atoms with Crippen LogP contribution in [0.3, 0.4) is 0 Å². The molecule has 1 aromatic heterocycles. The lowest BCUT2D eigenvalue weighted by Gasteiger charge is -2.20. The van der Waals surface area contributed by atoms with Crippen molar-refractivity contribution in [3.63, 3.8) is 0 Å². The molecule has 2 aromatic rings. The number of para-hydroxylation sites is 1. The number of fused-ring (bicyclic) bond motifs is 1. The molecule has 0 radical (unpaired) electrons. The molecule has 8 nitrogen and oxygen atoms in total. The zero-order valence-corrected chi connectivity index (χ0v) is 20.4. The van der Waals surface area contributed by atoms with Gasteiger partial charge in [0.1, 0.15) is 5.03 Å². The Bertz CT molecular complexity index is 1050. The van der Waals surface area contributed by atoms with E-state index in [1.54, 1.807) is 35.8 Å². The van der Waals surface area contributed by atoms with Gasteiger partial charge in [-0.05, 0) is 51.4 Å². The van der Waals surface area contributed by atoms with Crippen LogP contribution in [0.2, 0.25) is 0 Å². The molecule has 1 aliphatic carbocycles. The van der Waals surface area contributed by atoms with E-state index in [0.29, 0.717) is 22.8 Å². The Balaban J connectivity index is 1.70. The van der Waals surface area contributed by atoms with Crippen molar-refractivity contribution in [3.05, 3.63) is 51.6 Å². The van der Waals surface area contributed by atoms with Gasteiger partial charge in [0, 0.05) is 24.3 Å². The summed E-state index contributed by atoms with van der Waals surface area (Å²) in [7, 11) is 0. The fourth-order valence-electron chi connectivity index (χ4n) is 4.02. The largest absolute Gasteiger partial charge is 0.462 e. The topological polar surface area (TPSA) is 93.5 Å². The number of likely N-dealkylation sites (N-methyl/N-ethyl adjacent to an activating group) is 1. The molecule has 33 heavy (non-hydrogen) atoms. The predicted octanol–water partition coefficient (Wildman–Crippen LogP) is 2.98. The minimum absolute atomic E-state index is 0.0967. The first-order valence-electron chi connectivity index (χ1n) is 11.5. The maximum atomic E-state index is 12.8. The molecule has 1 aliphatic rings. The highest BCUT2D eigenvalue weighted by molar-refractivity contribution is 8.00. The van der Waals surface area contributed by atoms with Crippen molar-refractivity contribution in [2.24, 2.45) is 0 Å².